The molecule has 0 bridgehead atoms. The standard InChI is InChI=1S/C14H23ClN2O/c1-10(2)14(3,9-16)17-8-11-7-12(15)5-6-13(11)18-4/h5-7,10,17H,8-9,16H2,1-4H3. The zero-order valence-corrected chi connectivity index (χ0v) is 12.3. The number of nitrogens with one attached hydrogen (secondary N) is 1. The van der Waals surface area contributed by atoms with Crippen LogP contribution in [0.25, 0.3) is 0 Å². The molecular weight excluding hydrogens is 248 g/mol. The number of halogens is 1. The first-order valence-corrected chi connectivity index (χ1v) is 6.58. The lowest BCUT2D eigenvalue weighted by molar-refractivity contribution is 0.265. The summed E-state index contributed by atoms with van der Waals surface area (Å²) in [6.45, 7) is 7.74. The topological polar surface area (TPSA) is 47.3 Å². The summed E-state index contributed by atoms with van der Waals surface area (Å²) < 4.78 is 5.33. The van der Waals surface area contributed by atoms with Gasteiger partial charge in [0.25, 0.3) is 0 Å². The fourth-order valence-corrected chi connectivity index (χ4v) is 1.89. The second-order valence-corrected chi connectivity index (χ2v) is 5.52. The van der Waals surface area contributed by atoms with E-state index in [0.717, 1.165) is 11.3 Å². The van der Waals surface area contributed by atoms with E-state index in [1.54, 1.807) is 7.11 Å². The number of ether oxygens (including phenoxy) is 1. The first-order valence-electron chi connectivity index (χ1n) is 6.20. The summed E-state index contributed by atoms with van der Waals surface area (Å²) in [6, 6.07) is 5.63. The Kier molecular flexibility index (Phi) is 5.45. The maximum atomic E-state index is 6.01. The van der Waals surface area contributed by atoms with E-state index < -0.39 is 0 Å². The molecule has 0 amide bonds. The van der Waals surface area contributed by atoms with E-state index in [1.165, 1.54) is 0 Å². The lowest BCUT2D eigenvalue weighted by atomic mass is 9.88. The molecule has 102 valence electrons. The van der Waals surface area contributed by atoms with Crippen LogP contribution in [0.5, 0.6) is 5.75 Å². The molecule has 1 unspecified atom stereocenters. The van der Waals surface area contributed by atoms with Crippen LogP contribution < -0.4 is 15.8 Å². The Bertz CT molecular complexity index is 395. The summed E-state index contributed by atoms with van der Waals surface area (Å²) in [5.74, 6) is 1.29. The molecule has 0 aliphatic rings. The van der Waals surface area contributed by atoms with Gasteiger partial charge in [-0.15, -0.1) is 0 Å². The van der Waals surface area contributed by atoms with Crippen molar-refractivity contribution in [3.05, 3.63) is 28.8 Å². The SMILES string of the molecule is COc1ccc(Cl)cc1CNC(C)(CN)C(C)C. The van der Waals surface area contributed by atoms with Crippen LogP contribution in [0.1, 0.15) is 26.3 Å². The molecule has 18 heavy (non-hydrogen) atoms. The number of benzene rings is 1. The number of hydrogen-bond donors (Lipinski definition) is 2. The van der Waals surface area contributed by atoms with Crippen molar-refractivity contribution in [2.45, 2.75) is 32.9 Å². The van der Waals surface area contributed by atoms with Gasteiger partial charge in [0.15, 0.2) is 0 Å². The van der Waals surface area contributed by atoms with Gasteiger partial charge in [-0.3, -0.25) is 0 Å². The highest BCUT2D eigenvalue weighted by Gasteiger charge is 2.26. The Morgan fingerprint density at radius 2 is 2.11 bits per heavy atom. The van der Waals surface area contributed by atoms with E-state index >= 15 is 0 Å². The van der Waals surface area contributed by atoms with Crippen LogP contribution in [0.2, 0.25) is 5.02 Å². The molecule has 0 aliphatic heterocycles. The predicted octanol–water partition coefficient (Wildman–Crippen LogP) is 2.81. The first kappa shape index (κ1) is 15.3. The van der Waals surface area contributed by atoms with E-state index in [2.05, 4.69) is 26.1 Å². The molecule has 0 aliphatic carbocycles. The predicted molar refractivity (Wildman–Crippen MR) is 77.1 cm³/mol. The van der Waals surface area contributed by atoms with E-state index in [1.807, 2.05) is 18.2 Å². The lowest BCUT2D eigenvalue weighted by Gasteiger charge is -2.34. The van der Waals surface area contributed by atoms with Crippen molar-refractivity contribution in [1.29, 1.82) is 0 Å². The summed E-state index contributed by atoms with van der Waals surface area (Å²) in [5.41, 5.74) is 6.81. The Labute approximate surface area is 115 Å². The number of nitrogens with two attached hydrogens (primary N) is 1. The number of hydrogen-bond acceptors (Lipinski definition) is 3. The third kappa shape index (κ3) is 3.61. The zero-order valence-electron chi connectivity index (χ0n) is 11.6. The summed E-state index contributed by atoms with van der Waals surface area (Å²) in [5, 5.41) is 4.21. The van der Waals surface area contributed by atoms with Gasteiger partial charge >= 0.3 is 0 Å². The Morgan fingerprint density at radius 3 is 2.61 bits per heavy atom. The van der Waals surface area contributed by atoms with Crippen molar-refractivity contribution in [3.63, 3.8) is 0 Å². The van der Waals surface area contributed by atoms with Crippen LogP contribution in [-0.2, 0) is 6.54 Å². The third-order valence-corrected chi connectivity index (χ3v) is 3.86. The molecule has 1 atom stereocenters. The van der Waals surface area contributed by atoms with Crippen molar-refractivity contribution >= 4 is 11.6 Å². The average Bonchev–Trinajstić information content (AvgIpc) is 2.35. The first-order chi connectivity index (χ1) is 8.42. The second-order valence-electron chi connectivity index (χ2n) is 5.09. The van der Waals surface area contributed by atoms with E-state index in [0.29, 0.717) is 24.0 Å². The third-order valence-electron chi connectivity index (χ3n) is 3.62. The maximum Gasteiger partial charge on any atom is 0.123 e. The molecule has 4 heteroatoms. The molecule has 1 aromatic rings. The minimum absolute atomic E-state index is 0.0900. The van der Waals surface area contributed by atoms with Gasteiger partial charge in [-0.2, -0.15) is 0 Å². The zero-order chi connectivity index (χ0) is 13.8. The van der Waals surface area contributed by atoms with Crippen LogP contribution >= 0.6 is 11.6 Å². The van der Waals surface area contributed by atoms with Crippen LogP contribution in [0, 0.1) is 5.92 Å². The van der Waals surface area contributed by atoms with Crippen molar-refractivity contribution in [3.8, 4) is 5.75 Å². The van der Waals surface area contributed by atoms with Crippen LogP contribution in [0.4, 0.5) is 0 Å². The summed E-state index contributed by atoms with van der Waals surface area (Å²) in [7, 11) is 1.66. The van der Waals surface area contributed by atoms with E-state index in [4.69, 9.17) is 22.1 Å². The monoisotopic (exact) mass is 270 g/mol. The van der Waals surface area contributed by atoms with Crippen molar-refractivity contribution in [2.24, 2.45) is 11.7 Å². The highest BCUT2D eigenvalue weighted by molar-refractivity contribution is 6.30. The molecule has 0 aromatic heterocycles. The average molecular weight is 271 g/mol. The minimum atomic E-state index is -0.0900. The van der Waals surface area contributed by atoms with Gasteiger partial charge < -0.3 is 15.8 Å². The quantitative estimate of drug-likeness (QED) is 0.836. The normalized spacial score (nSPS) is 14.6. The molecule has 3 nitrogen and oxygen atoms in total. The van der Waals surface area contributed by atoms with Gasteiger partial charge in [0.05, 0.1) is 7.11 Å². The van der Waals surface area contributed by atoms with Crippen LogP contribution in [-0.4, -0.2) is 19.2 Å². The molecule has 0 saturated heterocycles. The molecule has 1 aromatic carbocycles. The van der Waals surface area contributed by atoms with Gasteiger partial charge in [-0.1, -0.05) is 25.4 Å². The van der Waals surface area contributed by atoms with Gasteiger partial charge in [0, 0.05) is 29.2 Å². The van der Waals surface area contributed by atoms with Crippen LogP contribution in [0.3, 0.4) is 0 Å². The summed E-state index contributed by atoms with van der Waals surface area (Å²) in [4.78, 5) is 0. The summed E-state index contributed by atoms with van der Waals surface area (Å²) in [6.07, 6.45) is 0. The second kappa shape index (κ2) is 6.41. The Balaban J connectivity index is 2.82. The maximum absolute atomic E-state index is 6.01. The fourth-order valence-electron chi connectivity index (χ4n) is 1.69. The Morgan fingerprint density at radius 1 is 1.44 bits per heavy atom. The van der Waals surface area contributed by atoms with Gasteiger partial charge in [-0.05, 0) is 31.0 Å². The number of methoxy groups -OCH3 is 1. The van der Waals surface area contributed by atoms with Crippen molar-refractivity contribution in [2.75, 3.05) is 13.7 Å². The van der Waals surface area contributed by atoms with Crippen LogP contribution in [0.15, 0.2) is 18.2 Å². The fraction of sp³-hybridized carbons (Fsp3) is 0.571. The molecule has 1 rings (SSSR count). The molecule has 0 radical (unpaired) electrons. The highest BCUT2D eigenvalue weighted by Crippen LogP contribution is 2.24. The molecule has 0 fully saturated rings. The lowest BCUT2D eigenvalue weighted by Crippen LogP contribution is -2.52. The van der Waals surface area contributed by atoms with E-state index in [-0.39, 0.29) is 5.54 Å². The smallest absolute Gasteiger partial charge is 0.123 e. The molecule has 0 saturated carbocycles. The summed E-state index contributed by atoms with van der Waals surface area (Å²) >= 11 is 6.01. The molecule has 0 heterocycles. The van der Waals surface area contributed by atoms with Crippen molar-refractivity contribution < 1.29 is 4.74 Å². The largest absolute Gasteiger partial charge is 0.496 e. The van der Waals surface area contributed by atoms with Gasteiger partial charge in [0.2, 0.25) is 0 Å². The molecule has 3 N–H and O–H groups in total. The number of rotatable bonds is 6. The minimum Gasteiger partial charge on any atom is -0.496 e. The van der Waals surface area contributed by atoms with E-state index in [9.17, 15) is 0 Å². The molecular formula is C14H23ClN2O. The van der Waals surface area contributed by atoms with Gasteiger partial charge in [0.1, 0.15) is 5.75 Å². The van der Waals surface area contributed by atoms with Gasteiger partial charge in [-0.25, -0.2) is 0 Å². The Hall–Kier alpha value is -0.770. The molecule has 0 spiro atoms. The highest BCUT2D eigenvalue weighted by atomic mass is 35.5. The van der Waals surface area contributed by atoms with Crippen molar-refractivity contribution in [1.82, 2.24) is 5.32 Å².